The Balaban J connectivity index is 2.41. The molecule has 1 aliphatic heterocycles. The molecule has 1 rings (SSSR count). The molecule has 1 amide bonds. The largest absolute Gasteiger partial charge is 0.389 e. The molecule has 2 N–H and O–H groups in total. The lowest BCUT2D eigenvalue weighted by Gasteiger charge is -2.33. The standard InChI is InChI=1S/C8H14F3N3O3S/c9-8(10,11)2-1-7(15)13-3-5-14(6-4-13)18(12,16)17/h1-6H2,(H2,12,16,17). The van der Waals surface area contributed by atoms with Crippen molar-refractivity contribution in [2.24, 2.45) is 5.14 Å². The molecule has 0 atom stereocenters. The predicted molar refractivity (Wildman–Crippen MR) is 56.5 cm³/mol. The number of carbonyl (C=O) groups excluding carboxylic acids is 1. The lowest BCUT2D eigenvalue weighted by molar-refractivity contribution is -0.149. The van der Waals surface area contributed by atoms with Crippen molar-refractivity contribution in [3.63, 3.8) is 0 Å². The molecule has 1 heterocycles. The summed E-state index contributed by atoms with van der Waals surface area (Å²) < 4.78 is 58.7. The van der Waals surface area contributed by atoms with E-state index in [0.29, 0.717) is 0 Å². The summed E-state index contributed by atoms with van der Waals surface area (Å²) >= 11 is 0. The van der Waals surface area contributed by atoms with Gasteiger partial charge in [-0.15, -0.1) is 0 Å². The van der Waals surface area contributed by atoms with E-state index < -0.39 is 35.1 Å². The fraction of sp³-hybridized carbons (Fsp3) is 0.875. The van der Waals surface area contributed by atoms with Crippen molar-refractivity contribution in [3.05, 3.63) is 0 Å². The maximum atomic E-state index is 11.9. The third-order valence-electron chi connectivity index (χ3n) is 2.57. The summed E-state index contributed by atoms with van der Waals surface area (Å²) in [5, 5.41) is 4.89. The van der Waals surface area contributed by atoms with Crippen LogP contribution in [0, 0.1) is 0 Å². The molecule has 0 bridgehead atoms. The second-order valence-electron chi connectivity index (χ2n) is 3.94. The van der Waals surface area contributed by atoms with Crippen molar-refractivity contribution in [2.75, 3.05) is 26.2 Å². The first kappa shape index (κ1) is 15.2. The van der Waals surface area contributed by atoms with E-state index in [4.69, 9.17) is 5.14 Å². The van der Waals surface area contributed by atoms with Gasteiger partial charge in [-0.25, -0.2) is 5.14 Å². The van der Waals surface area contributed by atoms with Crippen molar-refractivity contribution in [1.82, 2.24) is 9.21 Å². The highest BCUT2D eigenvalue weighted by molar-refractivity contribution is 7.86. The number of carbonyl (C=O) groups is 1. The highest BCUT2D eigenvalue weighted by atomic mass is 32.2. The number of amides is 1. The number of hydrogen-bond acceptors (Lipinski definition) is 3. The number of alkyl halides is 3. The molecule has 10 heteroatoms. The van der Waals surface area contributed by atoms with Gasteiger partial charge in [0.25, 0.3) is 10.2 Å². The molecule has 0 aliphatic carbocycles. The normalized spacial score (nSPS) is 19.0. The van der Waals surface area contributed by atoms with Crippen LogP contribution in [0.1, 0.15) is 12.8 Å². The monoisotopic (exact) mass is 289 g/mol. The van der Waals surface area contributed by atoms with Crippen LogP contribution in [-0.2, 0) is 15.0 Å². The first-order chi connectivity index (χ1) is 8.09. The minimum atomic E-state index is -4.36. The number of hydrogen-bond donors (Lipinski definition) is 1. The summed E-state index contributed by atoms with van der Waals surface area (Å²) in [6, 6.07) is 0. The summed E-state index contributed by atoms with van der Waals surface area (Å²) in [4.78, 5) is 12.6. The van der Waals surface area contributed by atoms with Crippen LogP contribution >= 0.6 is 0 Å². The molecule has 0 unspecified atom stereocenters. The van der Waals surface area contributed by atoms with Gasteiger partial charge in [0.05, 0.1) is 6.42 Å². The smallest absolute Gasteiger partial charge is 0.340 e. The number of nitrogens with zero attached hydrogens (tertiary/aromatic N) is 2. The molecule has 0 saturated carbocycles. The minimum absolute atomic E-state index is 0.0105. The number of rotatable bonds is 3. The average Bonchev–Trinajstić information content (AvgIpc) is 2.24. The Kier molecular flexibility index (Phi) is 4.56. The Morgan fingerprint density at radius 1 is 1.17 bits per heavy atom. The van der Waals surface area contributed by atoms with Crippen LogP contribution < -0.4 is 5.14 Å². The second-order valence-corrected chi connectivity index (χ2v) is 5.49. The predicted octanol–water partition coefficient (Wildman–Crippen LogP) is -0.323. The van der Waals surface area contributed by atoms with Crippen molar-refractivity contribution < 1.29 is 26.4 Å². The highest BCUT2D eigenvalue weighted by Crippen LogP contribution is 2.22. The van der Waals surface area contributed by atoms with Gasteiger partial charge in [-0.2, -0.15) is 25.9 Å². The van der Waals surface area contributed by atoms with Gasteiger partial charge in [-0.3, -0.25) is 4.79 Å². The molecule has 1 fully saturated rings. The SMILES string of the molecule is NS(=O)(=O)N1CCN(C(=O)CCC(F)(F)F)CC1. The van der Waals surface area contributed by atoms with E-state index in [1.165, 1.54) is 4.90 Å². The molecule has 1 saturated heterocycles. The molecule has 0 aromatic rings. The summed E-state index contributed by atoms with van der Waals surface area (Å²) in [6.45, 7) is 0.146. The fourth-order valence-electron chi connectivity index (χ4n) is 1.60. The van der Waals surface area contributed by atoms with E-state index in [2.05, 4.69) is 0 Å². The lowest BCUT2D eigenvalue weighted by atomic mass is 10.2. The van der Waals surface area contributed by atoms with Gasteiger partial charge in [0.1, 0.15) is 0 Å². The summed E-state index contributed by atoms with van der Waals surface area (Å²) in [5.41, 5.74) is 0. The summed E-state index contributed by atoms with van der Waals surface area (Å²) in [6.07, 6.45) is -6.14. The molecular formula is C8H14F3N3O3S. The van der Waals surface area contributed by atoms with Crippen molar-refractivity contribution in [2.45, 2.75) is 19.0 Å². The molecule has 1 aliphatic rings. The maximum Gasteiger partial charge on any atom is 0.389 e. The average molecular weight is 289 g/mol. The molecule has 6 nitrogen and oxygen atoms in total. The highest BCUT2D eigenvalue weighted by Gasteiger charge is 2.31. The van der Waals surface area contributed by atoms with Crippen LogP contribution in [0.4, 0.5) is 13.2 Å². The van der Waals surface area contributed by atoms with E-state index in [1.807, 2.05) is 0 Å². The molecule has 0 aromatic heterocycles. The van der Waals surface area contributed by atoms with Crippen LogP contribution in [0.3, 0.4) is 0 Å². The molecule has 0 aromatic carbocycles. The van der Waals surface area contributed by atoms with Gasteiger partial charge in [-0.05, 0) is 0 Å². The van der Waals surface area contributed by atoms with Crippen LogP contribution in [0.15, 0.2) is 0 Å². The Morgan fingerprint density at radius 2 is 1.67 bits per heavy atom. The van der Waals surface area contributed by atoms with Crippen LogP contribution in [0.2, 0.25) is 0 Å². The third kappa shape index (κ3) is 4.78. The number of halogens is 3. The van der Waals surface area contributed by atoms with E-state index >= 15 is 0 Å². The van der Waals surface area contributed by atoms with Gasteiger partial charge in [0, 0.05) is 32.6 Å². The third-order valence-corrected chi connectivity index (χ3v) is 3.66. The zero-order chi connectivity index (χ0) is 14.0. The van der Waals surface area contributed by atoms with Gasteiger partial charge in [-0.1, -0.05) is 0 Å². The lowest BCUT2D eigenvalue weighted by Crippen LogP contribution is -2.52. The molecular weight excluding hydrogens is 275 g/mol. The first-order valence-corrected chi connectivity index (χ1v) is 6.72. The van der Waals surface area contributed by atoms with Gasteiger partial charge in [0.2, 0.25) is 5.91 Å². The van der Waals surface area contributed by atoms with Gasteiger partial charge in [0.15, 0.2) is 0 Å². The quantitative estimate of drug-likeness (QED) is 0.772. The van der Waals surface area contributed by atoms with E-state index in [1.54, 1.807) is 0 Å². The zero-order valence-electron chi connectivity index (χ0n) is 9.48. The summed E-state index contributed by atoms with van der Waals surface area (Å²) in [5.74, 6) is -0.624. The van der Waals surface area contributed by atoms with Crippen molar-refractivity contribution in [3.8, 4) is 0 Å². The fourth-order valence-corrected chi connectivity index (χ4v) is 2.27. The van der Waals surface area contributed by atoms with Crippen LogP contribution in [0.5, 0.6) is 0 Å². The van der Waals surface area contributed by atoms with E-state index in [-0.39, 0.29) is 26.2 Å². The first-order valence-electron chi connectivity index (χ1n) is 5.22. The number of nitrogens with two attached hydrogens (primary N) is 1. The topological polar surface area (TPSA) is 83.7 Å². The van der Waals surface area contributed by atoms with Crippen LogP contribution in [0.25, 0.3) is 0 Å². The van der Waals surface area contributed by atoms with Crippen molar-refractivity contribution >= 4 is 16.1 Å². The van der Waals surface area contributed by atoms with E-state index in [0.717, 1.165) is 4.31 Å². The molecule has 106 valence electrons. The Labute approximate surface area is 103 Å². The van der Waals surface area contributed by atoms with Crippen LogP contribution in [-0.4, -0.2) is 55.9 Å². The summed E-state index contributed by atoms with van der Waals surface area (Å²) in [7, 11) is -3.80. The maximum absolute atomic E-state index is 11.9. The Hall–Kier alpha value is -0.870. The molecule has 0 spiro atoms. The Bertz CT molecular complexity index is 402. The minimum Gasteiger partial charge on any atom is -0.340 e. The van der Waals surface area contributed by atoms with Gasteiger partial charge >= 0.3 is 6.18 Å². The zero-order valence-corrected chi connectivity index (χ0v) is 10.3. The molecule has 0 radical (unpaired) electrons. The van der Waals surface area contributed by atoms with Crippen molar-refractivity contribution in [1.29, 1.82) is 0 Å². The van der Waals surface area contributed by atoms with Gasteiger partial charge < -0.3 is 4.90 Å². The Morgan fingerprint density at radius 3 is 2.06 bits per heavy atom. The van der Waals surface area contributed by atoms with E-state index in [9.17, 15) is 26.4 Å². The number of piperazine rings is 1. The molecule has 18 heavy (non-hydrogen) atoms. The second kappa shape index (κ2) is 5.41.